The van der Waals surface area contributed by atoms with Gasteiger partial charge in [0.1, 0.15) is 28.0 Å². The highest BCUT2D eigenvalue weighted by Gasteiger charge is 2.25. The Balaban J connectivity index is 2.32. The van der Waals surface area contributed by atoms with Crippen molar-refractivity contribution in [1.29, 1.82) is 0 Å². The van der Waals surface area contributed by atoms with Crippen LogP contribution in [0.2, 0.25) is 5.02 Å². The molecule has 0 bridgehead atoms. The van der Waals surface area contributed by atoms with Crippen molar-refractivity contribution < 1.29 is 4.55 Å². The molecule has 2 aromatic heterocycles. The van der Waals surface area contributed by atoms with E-state index in [0.717, 1.165) is 5.52 Å². The van der Waals surface area contributed by atoms with Gasteiger partial charge in [0.15, 0.2) is 0 Å². The maximum Gasteiger partial charge on any atom is 0.144 e. The molecule has 0 aromatic carbocycles. The maximum atomic E-state index is 11.8. The number of rotatable bonds is 2. The second kappa shape index (κ2) is 4.91. The third-order valence-corrected chi connectivity index (χ3v) is 3.91. The summed E-state index contributed by atoms with van der Waals surface area (Å²) in [5.41, 5.74) is 1.51. The minimum Gasteiger partial charge on any atom is -0.591 e. The molecule has 0 amide bonds. The SMILES string of the molecule is CC(C)(C)[S+]([O-])N=Cc1ncn2ccc(Cl)cc12. The zero-order chi connectivity index (χ0) is 13.3. The number of pyridine rings is 1. The van der Waals surface area contributed by atoms with E-state index < -0.39 is 11.4 Å². The molecule has 96 valence electrons. The summed E-state index contributed by atoms with van der Waals surface area (Å²) in [6.45, 7) is 5.63. The van der Waals surface area contributed by atoms with Gasteiger partial charge in [-0.1, -0.05) is 16.0 Å². The van der Waals surface area contributed by atoms with E-state index in [9.17, 15) is 4.55 Å². The van der Waals surface area contributed by atoms with Gasteiger partial charge in [-0.25, -0.2) is 4.98 Å². The highest BCUT2D eigenvalue weighted by atomic mass is 35.5. The first-order chi connectivity index (χ1) is 8.38. The van der Waals surface area contributed by atoms with Crippen LogP contribution < -0.4 is 0 Å². The number of halogens is 1. The first-order valence-corrected chi connectivity index (χ1v) is 6.95. The highest BCUT2D eigenvalue weighted by Crippen LogP contribution is 2.18. The van der Waals surface area contributed by atoms with Gasteiger partial charge in [-0.3, -0.25) is 0 Å². The molecule has 1 atom stereocenters. The summed E-state index contributed by atoms with van der Waals surface area (Å²) in [5.74, 6) is 0. The molecule has 0 N–H and O–H groups in total. The summed E-state index contributed by atoms with van der Waals surface area (Å²) in [6.07, 6.45) is 5.03. The van der Waals surface area contributed by atoms with E-state index in [1.807, 2.05) is 31.4 Å². The first kappa shape index (κ1) is 13.4. The Morgan fingerprint density at radius 1 is 1.50 bits per heavy atom. The number of aromatic nitrogens is 2. The fourth-order valence-corrected chi connectivity index (χ4v) is 2.01. The van der Waals surface area contributed by atoms with Crippen LogP contribution in [-0.2, 0) is 11.4 Å². The predicted molar refractivity (Wildman–Crippen MR) is 75.7 cm³/mol. The Hall–Kier alpha value is -1.04. The first-order valence-electron chi connectivity index (χ1n) is 5.46. The van der Waals surface area contributed by atoms with Crippen LogP contribution in [-0.4, -0.2) is 24.9 Å². The summed E-state index contributed by atoms with van der Waals surface area (Å²) < 4.78 is 17.3. The molecule has 0 aliphatic carbocycles. The molecule has 0 saturated heterocycles. The fourth-order valence-electron chi connectivity index (χ4n) is 1.34. The minimum atomic E-state index is -1.28. The Morgan fingerprint density at radius 2 is 2.22 bits per heavy atom. The lowest BCUT2D eigenvalue weighted by Crippen LogP contribution is -2.25. The Labute approximate surface area is 114 Å². The van der Waals surface area contributed by atoms with E-state index in [1.54, 1.807) is 18.5 Å². The fraction of sp³-hybridized carbons (Fsp3) is 0.333. The van der Waals surface area contributed by atoms with E-state index >= 15 is 0 Å². The summed E-state index contributed by atoms with van der Waals surface area (Å²) in [5, 5.41) is 0.634. The smallest absolute Gasteiger partial charge is 0.144 e. The predicted octanol–water partition coefficient (Wildman–Crippen LogP) is 2.87. The number of hydrogen-bond acceptors (Lipinski definition) is 3. The highest BCUT2D eigenvalue weighted by molar-refractivity contribution is 7.91. The standard InChI is InChI=1S/C12H14ClN3OS/c1-12(2,3)18(17)15-7-10-11-6-9(13)4-5-16(11)8-14-10/h4-8H,1-3H3. The summed E-state index contributed by atoms with van der Waals surface area (Å²) in [4.78, 5) is 4.21. The van der Waals surface area contributed by atoms with Gasteiger partial charge in [-0.05, 0) is 32.9 Å². The zero-order valence-corrected chi connectivity index (χ0v) is 12.0. The Kier molecular flexibility index (Phi) is 3.66. The monoisotopic (exact) mass is 283 g/mol. The van der Waals surface area contributed by atoms with Crippen LogP contribution in [0.1, 0.15) is 26.5 Å². The van der Waals surface area contributed by atoms with Gasteiger partial charge in [0.25, 0.3) is 0 Å². The summed E-state index contributed by atoms with van der Waals surface area (Å²) >= 11 is 4.65. The number of nitrogens with zero attached hydrogens (tertiary/aromatic N) is 3. The van der Waals surface area contributed by atoms with Crippen molar-refractivity contribution in [3.63, 3.8) is 0 Å². The molecule has 0 spiro atoms. The van der Waals surface area contributed by atoms with Crippen molar-refractivity contribution in [2.24, 2.45) is 4.40 Å². The third-order valence-electron chi connectivity index (χ3n) is 2.33. The van der Waals surface area contributed by atoms with E-state index in [1.165, 1.54) is 6.21 Å². The van der Waals surface area contributed by atoms with Crippen molar-refractivity contribution in [3.05, 3.63) is 35.4 Å². The molecular formula is C12H14ClN3OS. The summed E-state index contributed by atoms with van der Waals surface area (Å²) in [6, 6.07) is 3.58. The van der Waals surface area contributed by atoms with Gasteiger partial charge in [0.2, 0.25) is 0 Å². The molecule has 0 aliphatic rings. The van der Waals surface area contributed by atoms with Gasteiger partial charge in [-0.2, -0.15) is 0 Å². The van der Waals surface area contributed by atoms with Crippen LogP contribution in [0.5, 0.6) is 0 Å². The number of imidazole rings is 1. The van der Waals surface area contributed by atoms with Crippen molar-refractivity contribution >= 4 is 34.7 Å². The molecule has 0 fully saturated rings. The molecule has 0 aliphatic heterocycles. The van der Waals surface area contributed by atoms with E-state index in [2.05, 4.69) is 9.38 Å². The average molecular weight is 284 g/mol. The molecule has 2 aromatic rings. The van der Waals surface area contributed by atoms with Gasteiger partial charge >= 0.3 is 0 Å². The van der Waals surface area contributed by atoms with E-state index in [4.69, 9.17) is 11.6 Å². The molecule has 0 saturated carbocycles. The molecule has 2 heterocycles. The summed E-state index contributed by atoms with van der Waals surface area (Å²) in [7, 11) is 0. The Morgan fingerprint density at radius 3 is 2.89 bits per heavy atom. The molecule has 18 heavy (non-hydrogen) atoms. The number of hydrogen-bond donors (Lipinski definition) is 0. The zero-order valence-electron chi connectivity index (χ0n) is 10.4. The van der Waals surface area contributed by atoms with Crippen molar-refractivity contribution in [1.82, 2.24) is 9.38 Å². The molecule has 0 radical (unpaired) electrons. The topological polar surface area (TPSA) is 52.7 Å². The quantitative estimate of drug-likeness (QED) is 0.628. The molecule has 6 heteroatoms. The lowest BCUT2D eigenvalue weighted by molar-refractivity contribution is 0.562. The van der Waals surface area contributed by atoms with Crippen LogP contribution in [0.3, 0.4) is 0 Å². The van der Waals surface area contributed by atoms with Crippen LogP contribution in [0.25, 0.3) is 5.52 Å². The normalized spacial score (nSPS) is 14.5. The Bertz CT molecular complexity index is 589. The van der Waals surface area contributed by atoms with Gasteiger partial charge in [0.05, 0.1) is 11.8 Å². The number of fused-ring (bicyclic) bond motifs is 1. The molecular weight excluding hydrogens is 270 g/mol. The minimum absolute atomic E-state index is 0.371. The lowest BCUT2D eigenvalue weighted by atomic mass is 10.3. The second-order valence-corrected chi connectivity index (χ2v) is 7.23. The van der Waals surface area contributed by atoms with Crippen LogP contribution in [0.15, 0.2) is 29.1 Å². The molecule has 1 unspecified atom stereocenters. The van der Waals surface area contributed by atoms with Crippen molar-refractivity contribution in [2.75, 3.05) is 0 Å². The second-order valence-electron chi connectivity index (χ2n) is 4.86. The largest absolute Gasteiger partial charge is 0.591 e. The molecule has 4 nitrogen and oxygen atoms in total. The maximum absolute atomic E-state index is 11.8. The van der Waals surface area contributed by atoms with E-state index in [0.29, 0.717) is 10.7 Å². The third kappa shape index (κ3) is 2.85. The van der Waals surface area contributed by atoms with Crippen molar-refractivity contribution in [2.45, 2.75) is 25.5 Å². The van der Waals surface area contributed by atoms with Crippen LogP contribution in [0, 0.1) is 0 Å². The molecule has 2 rings (SSSR count). The van der Waals surface area contributed by atoms with Crippen molar-refractivity contribution in [3.8, 4) is 0 Å². The van der Waals surface area contributed by atoms with Crippen LogP contribution >= 0.6 is 11.6 Å². The van der Waals surface area contributed by atoms with Gasteiger partial charge in [-0.15, -0.1) is 0 Å². The average Bonchev–Trinajstić information content (AvgIpc) is 2.67. The van der Waals surface area contributed by atoms with E-state index in [-0.39, 0.29) is 4.75 Å². The van der Waals surface area contributed by atoms with Gasteiger partial charge < -0.3 is 8.95 Å². The lowest BCUT2D eigenvalue weighted by Gasteiger charge is -2.17. The van der Waals surface area contributed by atoms with Gasteiger partial charge in [0, 0.05) is 11.2 Å². The van der Waals surface area contributed by atoms with Crippen LogP contribution in [0.4, 0.5) is 0 Å².